The normalized spacial score (nSPS) is 17.5. The van der Waals surface area contributed by atoms with E-state index in [2.05, 4.69) is 10.6 Å². The van der Waals surface area contributed by atoms with Crippen molar-refractivity contribution in [3.05, 3.63) is 0 Å². The van der Waals surface area contributed by atoms with E-state index in [4.69, 9.17) is 0 Å². The number of carbonyl (C=O) groups is 3. The molecule has 156 valence electrons. The summed E-state index contributed by atoms with van der Waals surface area (Å²) in [5.41, 5.74) is -0.757. The van der Waals surface area contributed by atoms with Crippen molar-refractivity contribution in [1.82, 2.24) is 15.7 Å². The Morgan fingerprint density at radius 3 is 2.19 bits per heavy atom. The molecule has 27 heavy (non-hydrogen) atoms. The van der Waals surface area contributed by atoms with Crippen LogP contribution in [0.1, 0.15) is 66.7 Å². The van der Waals surface area contributed by atoms with Gasteiger partial charge in [0.15, 0.2) is 0 Å². The molecule has 8 nitrogen and oxygen atoms in total. The van der Waals surface area contributed by atoms with Crippen LogP contribution < -0.4 is 10.6 Å². The molecule has 0 aromatic rings. The predicted molar refractivity (Wildman–Crippen MR) is 101 cm³/mol. The van der Waals surface area contributed by atoms with E-state index in [1.54, 1.807) is 20.8 Å². The molecule has 3 amide bonds. The van der Waals surface area contributed by atoms with E-state index in [1.807, 2.05) is 13.8 Å². The lowest BCUT2D eigenvalue weighted by Gasteiger charge is -2.36. The molecule has 0 aromatic heterocycles. The molecule has 0 bridgehead atoms. The maximum Gasteiger partial charge on any atom is 0.276 e. The van der Waals surface area contributed by atoms with Crippen molar-refractivity contribution >= 4 is 17.7 Å². The third kappa shape index (κ3) is 7.46. The molecule has 0 saturated heterocycles. The highest BCUT2D eigenvalue weighted by atomic mass is 16.5. The predicted octanol–water partition coefficient (Wildman–Crippen LogP) is 1.20. The Morgan fingerprint density at radius 2 is 1.70 bits per heavy atom. The summed E-state index contributed by atoms with van der Waals surface area (Å²) in [7, 11) is 0. The van der Waals surface area contributed by atoms with Crippen molar-refractivity contribution in [3.63, 3.8) is 0 Å². The van der Waals surface area contributed by atoms with Crippen molar-refractivity contribution in [3.8, 4) is 0 Å². The molecular weight excluding hydrogens is 350 g/mol. The second-order valence-corrected chi connectivity index (χ2v) is 8.86. The molecule has 0 spiro atoms. The number of nitrogens with one attached hydrogen (secondary N) is 2. The van der Waals surface area contributed by atoms with Gasteiger partial charge in [-0.2, -0.15) is 0 Å². The van der Waals surface area contributed by atoms with E-state index < -0.39 is 41.7 Å². The van der Waals surface area contributed by atoms with Gasteiger partial charge in [0, 0.05) is 12.6 Å². The summed E-state index contributed by atoms with van der Waals surface area (Å²) < 4.78 is 0. The molecule has 0 radical (unpaired) electrons. The third-order valence-electron chi connectivity index (χ3n) is 4.61. The maximum absolute atomic E-state index is 12.7. The Hall–Kier alpha value is -1.67. The number of hydrogen-bond acceptors (Lipinski definition) is 5. The fourth-order valence-corrected chi connectivity index (χ4v) is 3.15. The molecule has 0 unspecified atom stereocenters. The molecule has 1 aliphatic rings. The van der Waals surface area contributed by atoms with Gasteiger partial charge in [-0.25, -0.2) is 5.06 Å². The van der Waals surface area contributed by atoms with Gasteiger partial charge in [0.05, 0.1) is 6.42 Å². The molecule has 0 aromatic carbocycles. The molecule has 1 fully saturated rings. The Bertz CT molecular complexity index is 524. The number of carbonyl (C=O) groups excluding carboxylic acids is 3. The van der Waals surface area contributed by atoms with Crippen molar-refractivity contribution in [2.24, 2.45) is 11.3 Å². The Labute approximate surface area is 161 Å². The van der Waals surface area contributed by atoms with E-state index in [1.165, 1.54) is 0 Å². The van der Waals surface area contributed by atoms with Crippen LogP contribution >= 0.6 is 0 Å². The summed E-state index contributed by atoms with van der Waals surface area (Å²) in [6, 6.07) is -1.13. The first kappa shape index (κ1) is 23.4. The van der Waals surface area contributed by atoms with E-state index >= 15 is 0 Å². The smallest absolute Gasteiger partial charge is 0.276 e. The standard InChI is InChI=1S/C19H35N3O5/c1-12(2)11-20-15(24)10-14(23)18(26)22(27)16(19(3,4)5)17(25)21-13-8-6-7-9-13/h12-14,16,23,27H,6-11H2,1-5H3,(H,20,24)(H,21,25)/t14-,16+/m0/s1. The number of aliphatic hydroxyl groups is 1. The van der Waals surface area contributed by atoms with Gasteiger partial charge in [0.2, 0.25) is 11.8 Å². The van der Waals surface area contributed by atoms with Crippen LogP contribution in [0.3, 0.4) is 0 Å². The zero-order chi connectivity index (χ0) is 20.8. The van der Waals surface area contributed by atoms with Crippen molar-refractivity contribution in [2.75, 3.05) is 6.54 Å². The monoisotopic (exact) mass is 385 g/mol. The van der Waals surface area contributed by atoms with Crippen molar-refractivity contribution < 1.29 is 24.7 Å². The van der Waals surface area contributed by atoms with E-state index in [9.17, 15) is 24.7 Å². The SMILES string of the molecule is CC(C)CNC(=O)C[C@H](O)C(=O)N(O)[C@H](C(=O)NC1CCCC1)C(C)(C)C. The first-order chi connectivity index (χ1) is 12.4. The van der Waals surface area contributed by atoms with Gasteiger partial charge in [-0.05, 0) is 24.2 Å². The van der Waals surface area contributed by atoms with Gasteiger partial charge in [0.1, 0.15) is 12.1 Å². The first-order valence-corrected chi connectivity index (χ1v) is 9.70. The molecule has 1 aliphatic carbocycles. The van der Waals surface area contributed by atoms with Gasteiger partial charge in [-0.1, -0.05) is 47.5 Å². The number of hydroxylamine groups is 2. The van der Waals surface area contributed by atoms with Crippen LogP contribution in [0.15, 0.2) is 0 Å². The van der Waals surface area contributed by atoms with Gasteiger partial charge in [-0.3, -0.25) is 19.6 Å². The van der Waals surface area contributed by atoms with Gasteiger partial charge in [0.25, 0.3) is 5.91 Å². The summed E-state index contributed by atoms with van der Waals surface area (Å²) in [5.74, 6) is -1.76. The number of rotatable bonds is 8. The zero-order valence-electron chi connectivity index (χ0n) is 17.1. The average molecular weight is 386 g/mol. The summed E-state index contributed by atoms with van der Waals surface area (Å²) in [6.45, 7) is 9.46. The van der Waals surface area contributed by atoms with E-state index in [0.717, 1.165) is 25.7 Å². The minimum atomic E-state index is -1.72. The number of amides is 3. The molecule has 2 atom stereocenters. The second kappa shape index (κ2) is 10.0. The quantitative estimate of drug-likeness (QED) is 0.370. The molecule has 8 heteroatoms. The Balaban J connectivity index is 2.75. The Kier molecular flexibility index (Phi) is 8.68. The first-order valence-electron chi connectivity index (χ1n) is 9.70. The summed E-state index contributed by atoms with van der Waals surface area (Å²) >= 11 is 0. The van der Waals surface area contributed by atoms with Crippen LogP contribution in [0.25, 0.3) is 0 Å². The lowest BCUT2D eigenvalue weighted by atomic mass is 9.85. The molecule has 1 rings (SSSR count). The van der Waals surface area contributed by atoms with Crippen LogP contribution in [0.2, 0.25) is 0 Å². The van der Waals surface area contributed by atoms with E-state index in [-0.39, 0.29) is 17.0 Å². The van der Waals surface area contributed by atoms with Crippen molar-refractivity contribution in [2.45, 2.75) is 84.9 Å². The minimum Gasteiger partial charge on any atom is -0.383 e. The van der Waals surface area contributed by atoms with E-state index in [0.29, 0.717) is 6.54 Å². The van der Waals surface area contributed by atoms with Crippen LogP contribution in [0.4, 0.5) is 0 Å². The molecule has 1 saturated carbocycles. The number of nitrogens with zero attached hydrogens (tertiary/aromatic N) is 1. The lowest BCUT2D eigenvalue weighted by molar-refractivity contribution is -0.197. The van der Waals surface area contributed by atoms with Crippen LogP contribution in [0.5, 0.6) is 0 Å². The molecule has 0 heterocycles. The van der Waals surface area contributed by atoms with Crippen LogP contribution in [0, 0.1) is 11.3 Å². The number of aliphatic hydroxyl groups excluding tert-OH is 1. The topological polar surface area (TPSA) is 119 Å². The Morgan fingerprint density at radius 1 is 1.15 bits per heavy atom. The maximum atomic E-state index is 12.7. The fraction of sp³-hybridized carbons (Fsp3) is 0.842. The summed E-state index contributed by atoms with van der Waals surface area (Å²) in [5, 5.41) is 26.2. The molecule has 0 aliphatic heterocycles. The molecule has 4 N–H and O–H groups in total. The van der Waals surface area contributed by atoms with Crippen LogP contribution in [-0.2, 0) is 14.4 Å². The van der Waals surface area contributed by atoms with Gasteiger partial charge < -0.3 is 15.7 Å². The number of hydrogen-bond donors (Lipinski definition) is 4. The second-order valence-electron chi connectivity index (χ2n) is 8.86. The van der Waals surface area contributed by atoms with Gasteiger partial charge in [-0.15, -0.1) is 0 Å². The summed E-state index contributed by atoms with van der Waals surface area (Å²) in [6.07, 6.45) is 1.64. The lowest BCUT2D eigenvalue weighted by Crippen LogP contribution is -2.57. The zero-order valence-corrected chi connectivity index (χ0v) is 17.1. The largest absolute Gasteiger partial charge is 0.383 e. The molecular formula is C19H35N3O5. The third-order valence-corrected chi connectivity index (χ3v) is 4.61. The van der Waals surface area contributed by atoms with Gasteiger partial charge >= 0.3 is 0 Å². The van der Waals surface area contributed by atoms with Crippen LogP contribution in [-0.4, -0.2) is 57.8 Å². The van der Waals surface area contributed by atoms with Crippen molar-refractivity contribution in [1.29, 1.82) is 0 Å². The minimum absolute atomic E-state index is 0.0394. The highest BCUT2D eigenvalue weighted by Gasteiger charge is 2.41. The fourth-order valence-electron chi connectivity index (χ4n) is 3.15. The highest BCUT2D eigenvalue weighted by Crippen LogP contribution is 2.26. The summed E-state index contributed by atoms with van der Waals surface area (Å²) in [4.78, 5) is 36.9. The average Bonchev–Trinajstić information content (AvgIpc) is 3.03. The highest BCUT2D eigenvalue weighted by molar-refractivity contribution is 5.91.